The number of morpholine rings is 1. The molecule has 1 aliphatic heterocycles. The lowest BCUT2D eigenvalue weighted by molar-refractivity contribution is 0.0311. The first kappa shape index (κ1) is 13.8. The Bertz CT molecular complexity index is 577. The van der Waals surface area contributed by atoms with Gasteiger partial charge in [0.15, 0.2) is 6.10 Å². The quantitative estimate of drug-likeness (QED) is 0.879. The maximum atomic E-state index is 12.4. The van der Waals surface area contributed by atoms with E-state index in [2.05, 4.69) is 5.32 Å². The van der Waals surface area contributed by atoms with Gasteiger partial charge >= 0.3 is 0 Å². The third-order valence-corrected chi connectivity index (χ3v) is 4.83. The van der Waals surface area contributed by atoms with Crippen LogP contribution in [0.1, 0.15) is 0 Å². The van der Waals surface area contributed by atoms with Crippen molar-refractivity contribution < 1.29 is 13.2 Å². The lowest BCUT2D eigenvalue weighted by atomic mass is 10.3. The van der Waals surface area contributed by atoms with Gasteiger partial charge in [0.2, 0.25) is 10.0 Å². The van der Waals surface area contributed by atoms with Gasteiger partial charge in [0.05, 0.1) is 24.1 Å². The maximum absolute atomic E-state index is 12.4. The van der Waals surface area contributed by atoms with E-state index in [0.717, 1.165) is 5.69 Å². The molecule has 0 bridgehead atoms. The van der Waals surface area contributed by atoms with Crippen LogP contribution in [0.15, 0.2) is 29.2 Å². The minimum Gasteiger partial charge on any atom is -0.388 e. The van der Waals surface area contributed by atoms with E-state index >= 15 is 0 Å². The molecule has 0 aromatic heterocycles. The van der Waals surface area contributed by atoms with Crippen LogP contribution in [0, 0.1) is 11.3 Å². The number of anilines is 1. The van der Waals surface area contributed by atoms with Gasteiger partial charge in [-0.25, -0.2) is 8.42 Å². The van der Waals surface area contributed by atoms with Gasteiger partial charge in [0.1, 0.15) is 0 Å². The molecule has 1 atom stereocenters. The van der Waals surface area contributed by atoms with Crippen molar-refractivity contribution in [2.75, 3.05) is 32.1 Å². The summed E-state index contributed by atoms with van der Waals surface area (Å²) < 4.78 is 31.2. The lowest BCUT2D eigenvalue weighted by Crippen LogP contribution is -2.44. The molecular weight excluding hydrogens is 266 g/mol. The van der Waals surface area contributed by atoms with E-state index in [0.29, 0.717) is 0 Å². The van der Waals surface area contributed by atoms with Crippen molar-refractivity contribution in [1.82, 2.24) is 4.31 Å². The SMILES string of the molecule is CNc1ccc(S(=O)(=O)N2CCOC(C#N)C2)cc1. The van der Waals surface area contributed by atoms with Crippen molar-refractivity contribution >= 4 is 15.7 Å². The summed E-state index contributed by atoms with van der Waals surface area (Å²) in [4.78, 5) is 0.227. The summed E-state index contributed by atoms with van der Waals surface area (Å²) in [5.74, 6) is 0. The second kappa shape index (κ2) is 5.57. The summed E-state index contributed by atoms with van der Waals surface area (Å²) in [6.07, 6.45) is -0.694. The number of benzene rings is 1. The molecule has 102 valence electrons. The minimum absolute atomic E-state index is 0.0760. The Morgan fingerprint density at radius 3 is 2.68 bits per heavy atom. The van der Waals surface area contributed by atoms with Crippen LogP contribution < -0.4 is 5.32 Å². The number of nitrogens with one attached hydrogen (secondary N) is 1. The molecular formula is C12H15N3O3S. The molecule has 1 aromatic rings. The molecule has 1 fully saturated rings. The average molecular weight is 281 g/mol. The number of sulfonamides is 1. The molecule has 0 aliphatic carbocycles. The molecule has 6 nitrogen and oxygen atoms in total. The second-order valence-electron chi connectivity index (χ2n) is 4.13. The van der Waals surface area contributed by atoms with Crippen molar-refractivity contribution in [3.63, 3.8) is 0 Å². The maximum Gasteiger partial charge on any atom is 0.243 e. The van der Waals surface area contributed by atoms with Crippen LogP contribution in [-0.2, 0) is 14.8 Å². The second-order valence-corrected chi connectivity index (χ2v) is 6.06. The molecule has 1 aliphatic rings. The van der Waals surface area contributed by atoms with Gasteiger partial charge in [0.25, 0.3) is 0 Å². The Hall–Kier alpha value is -1.62. The predicted octanol–water partition coefficient (Wildman–Crippen LogP) is 0.641. The highest BCUT2D eigenvalue weighted by molar-refractivity contribution is 7.89. The molecule has 7 heteroatoms. The summed E-state index contributed by atoms with van der Waals surface area (Å²) in [6.45, 7) is 0.590. The van der Waals surface area contributed by atoms with Crippen LogP contribution in [0.3, 0.4) is 0 Å². The van der Waals surface area contributed by atoms with Crippen molar-refractivity contribution in [3.8, 4) is 6.07 Å². The molecule has 0 saturated carbocycles. The van der Waals surface area contributed by atoms with Crippen LogP contribution >= 0.6 is 0 Å². The number of hydrogen-bond donors (Lipinski definition) is 1. The number of rotatable bonds is 3. The van der Waals surface area contributed by atoms with Gasteiger partial charge in [-0.2, -0.15) is 9.57 Å². The Kier molecular flexibility index (Phi) is 4.04. The summed E-state index contributed by atoms with van der Waals surface area (Å²) in [7, 11) is -1.79. The van der Waals surface area contributed by atoms with Crippen LogP contribution in [0.25, 0.3) is 0 Å². The molecule has 1 heterocycles. The Morgan fingerprint density at radius 1 is 1.42 bits per heavy atom. The van der Waals surface area contributed by atoms with Crippen LogP contribution in [0.4, 0.5) is 5.69 Å². The van der Waals surface area contributed by atoms with E-state index in [1.807, 2.05) is 6.07 Å². The van der Waals surface area contributed by atoms with Gasteiger partial charge in [-0.15, -0.1) is 0 Å². The van der Waals surface area contributed by atoms with E-state index in [1.54, 1.807) is 31.3 Å². The van der Waals surface area contributed by atoms with Gasteiger partial charge in [0, 0.05) is 19.3 Å². The first-order chi connectivity index (χ1) is 9.07. The zero-order valence-electron chi connectivity index (χ0n) is 10.5. The fourth-order valence-corrected chi connectivity index (χ4v) is 3.29. The van der Waals surface area contributed by atoms with E-state index in [-0.39, 0.29) is 24.6 Å². The molecule has 0 spiro atoms. The van der Waals surface area contributed by atoms with Crippen LogP contribution in [-0.4, -0.2) is 45.6 Å². The zero-order valence-corrected chi connectivity index (χ0v) is 11.4. The normalized spacial score (nSPS) is 20.7. The lowest BCUT2D eigenvalue weighted by Gasteiger charge is -2.28. The number of nitrogens with zero attached hydrogens (tertiary/aromatic N) is 2. The van der Waals surface area contributed by atoms with Crippen molar-refractivity contribution in [2.45, 2.75) is 11.0 Å². The third kappa shape index (κ3) is 2.87. The number of hydrogen-bond acceptors (Lipinski definition) is 5. The monoisotopic (exact) mass is 281 g/mol. The molecule has 2 rings (SSSR count). The number of ether oxygens (including phenoxy) is 1. The smallest absolute Gasteiger partial charge is 0.243 e. The number of nitriles is 1. The predicted molar refractivity (Wildman–Crippen MR) is 70.1 cm³/mol. The Balaban J connectivity index is 2.23. The molecule has 1 N–H and O–H groups in total. The fourth-order valence-electron chi connectivity index (χ4n) is 1.86. The van der Waals surface area contributed by atoms with Gasteiger partial charge in [-0.3, -0.25) is 0 Å². The van der Waals surface area contributed by atoms with Crippen molar-refractivity contribution in [3.05, 3.63) is 24.3 Å². The highest BCUT2D eigenvalue weighted by atomic mass is 32.2. The molecule has 0 radical (unpaired) electrons. The van der Waals surface area contributed by atoms with E-state index in [9.17, 15) is 8.42 Å². The largest absolute Gasteiger partial charge is 0.388 e. The van der Waals surface area contributed by atoms with Crippen LogP contribution in [0.2, 0.25) is 0 Å². The van der Waals surface area contributed by atoms with Crippen molar-refractivity contribution in [2.24, 2.45) is 0 Å². The molecule has 1 aromatic carbocycles. The zero-order chi connectivity index (χ0) is 13.9. The summed E-state index contributed by atoms with van der Waals surface area (Å²) in [5.41, 5.74) is 0.843. The van der Waals surface area contributed by atoms with Crippen LogP contribution in [0.5, 0.6) is 0 Å². The average Bonchev–Trinajstić information content (AvgIpc) is 2.47. The highest BCUT2D eigenvalue weighted by Crippen LogP contribution is 2.20. The van der Waals surface area contributed by atoms with Gasteiger partial charge in [-0.1, -0.05) is 0 Å². The Labute approximate surface area is 112 Å². The molecule has 19 heavy (non-hydrogen) atoms. The third-order valence-electron chi connectivity index (χ3n) is 2.95. The van der Waals surface area contributed by atoms with E-state index in [4.69, 9.17) is 10.00 Å². The van der Waals surface area contributed by atoms with E-state index < -0.39 is 16.1 Å². The fraction of sp³-hybridized carbons (Fsp3) is 0.417. The molecule has 1 saturated heterocycles. The van der Waals surface area contributed by atoms with Gasteiger partial charge < -0.3 is 10.1 Å². The van der Waals surface area contributed by atoms with Crippen molar-refractivity contribution in [1.29, 1.82) is 5.26 Å². The highest BCUT2D eigenvalue weighted by Gasteiger charge is 2.30. The standard InChI is InChI=1S/C12H15N3O3S/c1-14-10-2-4-12(5-3-10)19(16,17)15-6-7-18-11(8-13)9-15/h2-5,11,14H,6-7,9H2,1H3. The van der Waals surface area contributed by atoms with E-state index in [1.165, 1.54) is 4.31 Å². The minimum atomic E-state index is -3.56. The summed E-state index contributed by atoms with van der Waals surface area (Å²) in [5, 5.41) is 11.7. The first-order valence-electron chi connectivity index (χ1n) is 5.87. The topological polar surface area (TPSA) is 82.4 Å². The summed E-state index contributed by atoms with van der Waals surface area (Å²) >= 11 is 0. The molecule has 0 amide bonds. The Morgan fingerprint density at radius 2 is 2.11 bits per heavy atom. The first-order valence-corrected chi connectivity index (χ1v) is 7.31. The molecule has 1 unspecified atom stereocenters. The van der Waals surface area contributed by atoms with Gasteiger partial charge in [-0.05, 0) is 24.3 Å². The summed E-state index contributed by atoms with van der Waals surface area (Å²) in [6, 6.07) is 8.45.